The number of nitriles is 1. The van der Waals surface area contributed by atoms with E-state index in [1.165, 1.54) is 44.2 Å². The summed E-state index contributed by atoms with van der Waals surface area (Å²) < 4.78 is 13.7. The maximum atomic E-state index is 13.7. The highest BCUT2D eigenvalue weighted by molar-refractivity contribution is 5.88. The number of hydrogen-bond acceptors (Lipinski definition) is 2. The van der Waals surface area contributed by atoms with E-state index in [2.05, 4.69) is 0 Å². The molecule has 0 saturated heterocycles. The van der Waals surface area contributed by atoms with E-state index in [4.69, 9.17) is 0 Å². The van der Waals surface area contributed by atoms with Gasteiger partial charge >= 0.3 is 0 Å². The quantitative estimate of drug-likeness (QED) is 0.799. The van der Waals surface area contributed by atoms with Crippen molar-refractivity contribution in [3.05, 3.63) is 35.6 Å². The molecule has 2 rings (SSSR count). The Morgan fingerprint density at radius 2 is 2.00 bits per heavy atom. The first-order chi connectivity index (χ1) is 9.72. The molecule has 0 aliphatic heterocycles. The van der Waals surface area contributed by atoms with E-state index >= 15 is 0 Å². The summed E-state index contributed by atoms with van der Waals surface area (Å²) in [7, 11) is 0. The van der Waals surface area contributed by atoms with Crippen LogP contribution < -0.4 is 0 Å². The van der Waals surface area contributed by atoms with Gasteiger partial charge in [-0.2, -0.15) is 5.26 Å². The molecule has 1 aromatic rings. The molecule has 0 bridgehead atoms. The number of ketones is 1. The number of Topliss-reactive ketones (excluding diaryl/α,β-unsaturated/α-hetero) is 1. The maximum Gasteiger partial charge on any atom is 0.154 e. The van der Waals surface area contributed by atoms with Gasteiger partial charge in [0.1, 0.15) is 11.7 Å². The van der Waals surface area contributed by atoms with Crippen LogP contribution in [0.2, 0.25) is 0 Å². The lowest BCUT2D eigenvalue weighted by Gasteiger charge is -2.21. The zero-order valence-corrected chi connectivity index (χ0v) is 11.6. The van der Waals surface area contributed by atoms with Gasteiger partial charge in [-0.05, 0) is 18.4 Å². The van der Waals surface area contributed by atoms with Gasteiger partial charge in [-0.3, -0.25) is 4.79 Å². The molecule has 1 aromatic carbocycles. The first kappa shape index (κ1) is 14.7. The SMILES string of the molecule is N#CC(C(=O)CCC1CCCCC1)c1ccccc1F. The molecule has 0 spiro atoms. The van der Waals surface area contributed by atoms with Crippen molar-refractivity contribution in [1.29, 1.82) is 5.26 Å². The van der Waals surface area contributed by atoms with Crippen molar-refractivity contribution in [3.63, 3.8) is 0 Å². The Labute approximate surface area is 119 Å². The predicted octanol–water partition coefficient (Wildman–Crippen LogP) is 4.36. The zero-order chi connectivity index (χ0) is 14.4. The number of rotatable bonds is 5. The second kappa shape index (κ2) is 7.19. The summed E-state index contributed by atoms with van der Waals surface area (Å²) in [5.41, 5.74) is 0.212. The summed E-state index contributed by atoms with van der Waals surface area (Å²) in [6.45, 7) is 0. The topological polar surface area (TPSA) is 40.9 Å². The standard InChI is InChI=1S/C17H20FNO/c18-16-9-5-4-8-14(16)15(12-19)17(20)11-10-13-6-2-1-3-7-13/h4-5,8-9,13,15H,1-3,6-7,10-11H2. The van der Waals surface area contributed by atoms with Gasteiger partial charge in [0, 0.05) is 12.0 Å². The fourth-order valence-corrected chi connectivity index (χ4v) is 2.99. The van der Waals surface area contributed by atoms with Crippen LogP contribution in [0, 0.1) is 23.1 Å². The average molecular weight is 273 g/mol. The van der Waals surface area contributed by atoms with Gasteiger partial charge in [0.15, 0.2) is 5.78 Å². The minimum absolute atomic E-state index is 0.150. The van der Waals surface area contributed by atoms with Gasteiger partial charge in [0.2, 0.25) is 0 Å². The van der Waals surface area contributed by atoms with Crippen LogP contribution in [0.5, 0.6) is 0 Å². The molecule has 1 saturated carbocycles. The number of benzene rings is 1. The van der Waals surface area contributed by atoms with Crippen LogP contribution >= 0.6 is 0 Å². The molecule has 1 aliphatic carbocycles. The molecule has 0 heterocycles. The normalized spacial score (nSPS) is 17.4. The van der Waals surface area contributed by atoms with Gasteiger partial charge in [-0.25, -0.2) is 4.39 Å². The smallest absolute Gasteiger partial charge is 0.154 e. The van der Waals surface area contributed by atoms with E-state index in [9.17, 15) is 14.4 Å². The third kappa shape index (κ3) is 3.66. The molecule has 0 amide bonds. The Bertz CT molecular complexity index is 500. The van der Waals surface area contributed by atoms with Gasteiger partial charge in [-0.1, -0.05) is 50.3 Å². The maximum absolute atomic E-state index is 13.7. The number of nitrogens with zero attached hydrogens (tertiary/aromatic N) is 1. The van der Waals surface area contributed by atoms with E-state index in [1.807, 2.05) is 6.07 Å². The van der Waals surface area contributed by atoms with Crippen LogP contribution in [0.4, 0.5) is 4.39 Å². The molecule has 0 N–H and O–H groups in total. The van der Waals surface area contributed by atoms with E-state index in [0.717, 1.165) is 6.42 Å². The van der Waals surface area contributed by atoms with Crippen LogP contribution in [0.25, 0.3) is 0 Å². The Kier molecular flexibility index (Phi) is 5.29. The number of halogens is 1. The third-order valence-electron chi connectivity index (χ3n) is 4.19. The van der Waals surface area contributed by atoms with Crippen molar-refractivity contribution < 1.29 is 9.18 Å². The van der Waals surface area contributed by atoms with Crippen LogP contribution in [0.15, 0.2) is 24.3 Å². The lowest BCUT2D eigenvalue weighted by molar-refractivity contribution is -0.119. The van der Waals surface area contributed by atoms with Crippen LogP contribution in [-0.4, -0.2) is 5.78 Å². The minimum atomic E-state index is -0.959. The van der Waals surface area contributed by atoms with Gasteiger partial charge < -0.3 is 0 Å². The number of hydrogen-bond donors (Lipinski definition) is 0. The summed E-state index contributed by atoms with van der Waals surface area (Å²) in [5.74, 6) is -0.972. The molecule has 1 aliphatic rings. The van der Waals surface area contributed by atoms with Gasteiger partial charge in [0.05, 0.1) is 6.07 Å². The summed E-state index contributed by atoms with van der Waals surface area (Å²) >= 11 is 0. The number of carbonyl (C=O) groups is 1. The molecule has 1 unspecified atom stereocenters. The molecular weight excluding hydrogens is 253 g/mol. The Morgan fingerprint density at radius 1 is 1.30 bits per heavy atom. The van der Waals surface area contributed by atoms with Crippen LogP contribution in [0.1, 0.15) is 56.4 Å². The first-order valence-corrected chi connectivity index (χ1v) is 7.39. The zero-order valence-electron chi connectivity index (χ0n) is 11.6. The van der Waals surface area contributed by atoms with Crippen LogP contribution in [-0.2, 0) is 4.79 Å². The van der Waals surface area contributed by atoms with E-state index < -0.39 is 11.7 Å². The summed E-state index contributed by atoms with van der Waals surface area (Å²) in [6.07, 6.45) is 7.37. The second-order valence-corrected chi connectivity index (χ2v) is 5.59. The monoisotopic (exact) mass is 273 g/mol. The average Bonchev–Trinajstić information content (AvgIpc) is 2.49. The molecule has 20 heavy (non-hydrogen) atoms. The largest absolute Gasteiger partial charge is 0.298 e. The van der Waals surface area contributed by atoms with Crippen molar-refractivity contribution in [2.75, 3.05) is 0 Å². The Balaban J connectivity index is 1.96. The minimum Gasteiger partial charge on any atom is -0.298 e. The van der Waals surface area contributed by atoms with Crippen molar-refractivity contribution >= 4 is 5.78 Å². The Morgan fingerprint density at radius 3 is 2.65 bits per heavy atom. The molecule has 0 radical (unpaired) electrons. The molecule has 106 valence electrons. The van der Waals surface area contributed by atoms with E-state index in [-0.39, 0.29) is 11.3 Å². The van der Waals surface area contributed by atoms with Gasteiger partial charge in [-0.15, -0.1) is 0 Å². The summed E-state index contributed by atoms with van der Waals surface area (Å²) in [6, 6.07) is 8.02. The second-order valence-electron chi connectivity index (χ2n) is 5.59. The van der Waals surface area contributed by atoms with Crippen molar-refractivity contribution in [2.24, 2.45) is 5.92 Å². The molecule has 3 heteroatoms. The fourth-order valence-electron chi connectivity index (χ4n) is 2.99. The highest BCUT2D eigenvalue weighted by atomic mass is 19.1. The lowest BCUT2D eigenvalue weighted by Crippen LogP contribution is -2.15. The van der Waals surface area contributed by atoms with Crippen molar-refractivity contribution in [2.45, 2.75) is 50.9 Å². The number of carbonyl (C=O) groups excluding carboxylic acids is 1. The first-order valence-electron chi connectivity index (χ1n) is 7.39. The van der Waals surface area contributed by atoms with Crippen LogP contribution in [0.3, 0.4) is 0 Å². The van der Waals surface area contributed by atoms with Crippen molar-refractivity contribution in [1.82, 2.24) is 0 Å². The predicted molar refractivity (Wildman–Crippen MR) is 75.6 cm³/mol. The molecular formula is C17H20FNO. The highest BCUT2D eigenvalue weighted by Crippen LogP contribution is 2.29. The molecule has 2 nitrogen and oxygen atoms in total. The summed E-state index contributed by atoms with van der Waals surface area (Å²) in [4.78, 5) is 12.2. The summed E-state index contributed by atoms with van der Waals surface area (Å²) in [5, 5.41) is 9.17. The van der Waals surface area contributed by atoms with E-state index in [1.54, 1.807) is 12.1 Å². The molecule has 1 atom stereocenters. The molecule has 0 aromatic heterocycles. The van der Waals surface area contributed by atoms with Gasteiger partial charge in [0.25, 0.3) is 0 Å². The Hall–Kier alpha value is -1.69. The van der Waals surface area contributed by atoms with Crippen molar-refractivity contribution in [3.8, 4) is 6.07 Å². The third-order valence-corrected chi connectivity index (χ3v) is 4.19. The lowest BCUT2D eigenvalue weighted by atomic mass is 9.84. The highest BCUT2D eigenvalue weighted by Gasteiger charge is 2.24. The fraction of sp³-hybridized carbons (Fsp3) is 0.529. The van der Waals surface area contributed by atoms with E-state index in [0.29, 0.717) is 12.3 Å². The molecule has 1 fully saturated rings.